The Kier molecular flexibility index (Phi) is 4.09. The Morgan fingerprint density at radius 1 is 1.00 bits per heavy atom. The third-order valence-electron chi connectivity index (χ3n) is 4.57. The van der Waals surface area contributed by atoms with Gasteiger partial charge < -0.3 is 13.7 Å². The number of nitrogens with zero attached hydrogens (tertiary/aromatic N) is 1. The van der Waals surface area contributed by atoms with Gasteiger partial charge in [-0.1, -0.05) is 48.5 Å². The van der Waals surface area contributed by atoms with Gasteiger partial charge >= 0.3 is 5.97 Å². The number of rotatable bonds is 4. The molecule has 0 spiro atoms. The van der Waals surface area contributed by atoms with Crippen LogP contribution in [0.3, 0.4) is 0 Å². The van der Waals surface area contributed by atoms with Crippen molar-refractivity contribution in [3.8, 4) is 22.6 Å². The summed E-state index contributed by atoms with van der Waals surface area (Å²) in [6.07, 6.45) is 0. The normalized spacial score (nSPS) is 11.0. The number of carbonyl (C=O) groups is 1. The van der Waals surface area contributed by atoms with Gasteiger partial charge in [-0.05, 0) is 30.7 Å². The number of ether oxygens (including phenoxy) is 1. The van der Waals surface area contributed by atoms with E-state index in [0.717, 1.165) is 34.3 Å². The molecule has 2 aromatic carbocycles. The number of methoxy groups -OCH3 is 1. The van der Waals surface area contributed by atoms with E-state index < -0.39 is 5.97 Å². The number of para-hydroxylation sites is 1. The van der Waals surface area contributed by atoms with Crippen LogP contribution in [-0.2, 0) is 11.3 Å². The average Bonchev–Trinajstić information content (AvgIpc) is 3.30. The number of benzene rings is 2. The van der Waals surface area contributed by atoms with Crippen LogP contribution < -0.4 is 0 Å². The van der Waals surface area contributed by atoms with Crippen LogP contribution in [0.5, 0.6) is 0 Å². The molecule has 0 saturated carbocycles. The summed E-state index contributed by atoms with van der Waals surface area (Å²) in [5.41, 5.74) is 4.32. The van der Waals surface area contributed by atoms with Crippen molar-refractivity contribution < 1.29 is 13.9 Å². The fourth-order valence-electron chi connectivity index (χ4n) is 3.46. The molecule has 26 heavy (non-hydrogen) atoms. The van der Waals surface area contributed by atoms with Crippen LogP contribution in [0, 0.1) is 0 Å². The molecular weight excluding hydrogens is 326 g/mol. The van der Waals surface area contributed by atoms with Crippen molar-refractivity contribution in [2.45, 2.75) is 13.5 Å². The topological polar surface area (TPSA) is 44.4 Å². The van der Waals surface area contributed by atoms with Crippen LogP contribution in [0.1, 0.15) is 17.5 Å². The summed E-state index contributed by atoms with van der Waals surface area (Å²) in [6.45, 7) is 2.96. The molecule has 0 aliphatic rings. The van der Waals surface area contributed by atoms with E-state index >= 15 is 0 Å². The van der Waals surface area contributed by atoms with E-state index in [4.69, 9.17) is 9.15 Å². The highest BCUT2D eigenvalue weighted by Crippen LogP contribution is 2.41. The van der Waals surface area contributed by atoms with E-state index in [1.54, 1.807) is 6.07 Å². The standard InChI is InChI=1S/C22H19NO3/c1-3-23-17-12-8-7-11-16(17)20(21(23)15-9-5-4-6-10-15)18-13-14-19(26-18)22(24)25-2/h4-14H,3H2,1-2H3. The molecule has 4 rings (SSSR count). The number of hydrogen-bond acceptors (Lipinski definition) is 3. The summed E-state index contributed by atoms with van der Waals surface area (Å²) in [5, 5.41) is 1.10. The number of fused-ring (bicyclic) bond motifs is 1. The molecule has 130 valence electrons. The Bertz CT molecular complexity index is 1070. The average molecular weight is 345 g/mol. The summed E-state index contributed by atoms with van der Waals surface area (Å²) in [6, 6.07) is 22.0. The van der Waals surface area contributed by atoms with Crippen molar-refractivity contribution in [3.63, 3.8) is 0 Å². The Morgan fingerprint density at radius 3 is 2.46 bits per heavy atom. The highest BCUT2D eigenvalue weighted by atomic mass is 16.5. The number of hydrogen-bond donors (Lipinski definition) is 0. The molecule has 0 N–H and O–H groups in total. The van der Waals surface area contributed by atoms with Crippen LogP contribution in [0.4, 0.5) is 0 Å². The lowest BCUT2D eigenvalue weighted by molar-refractivity contribution is 0.0566. The van der Waals surface area contributed by atoms with Crippen LogP contribution in [-0.4, -0.2) is 17.6 Å². The maximum absolute atomic E-state index is 11.8. The fourth-order valence-corrected chi connectivity index (χ4v) is 3.46. The predicted octanol–water partition coefficient (Wildman–Crippen LogP) is 5.37. The molecule has 2 aromatic heterocycles. The zero-order valence-electron chi connectivity index (χ0n) is 14.7. The summed E-state index contributed by atoms with van der Waals surface area (Å²) in [5.74, 6) is 0.388. The number of aromatic nitrogens is 1. The Hall–Kier alpha value is -3.27. The summed E-state index contributed by atoms with van der Waals surface area (Å²) in [4.78, 5) is 11.8. The van der Waals surface area contributed by atoms with Gasteiger partial charge in [0, 0.05) is 17.4 Å². The molecule has 0 radical (unpaired) electrons. The Labute approximate surface area is 151 Å². The molecule has 0 amide bonds. The molecule has 4 aromatic rings. The van der Waals surface area contributed by atoms with E-state index in [2.05, 4.69) is 35.8 Å². The largest absolute Gasteiger partial charge is 0.463 e. The second-order valence-electron chi connectivity index (χ2n) is 6.01. The molecule has 0 saturated heterocycles. The smallest absolute Gasteiger partial charge is 0.373 e. The first-order chi connectivity index (χ1) is 12.7. The highest BCUT2D eigenvalue weighted by molar-refractivity contribution is 6.03. The number of aryl methyl sites for hydroxylation is 1. The predicted molar refractivity (Wildman–Crippen MR) is 102 cm³/mol. The fraction of sp³-hybridized carbons (Fsp3) is 0.136. The van der Waals surface area contributed by atoms with Crippen LogP contribution in [0.15, 0.2) is 71.1 Å². The van der Waals surface area contributed by atoms with Crippen molar-refractivity contribution in [1.29, 1.82) is 0 Å². The van der Waals surface area contributed by atoms with Crippen molar-refractivity contribution in [2.75, 3.05) is 7.11 Å². The van der Waals surface area contributed by atoms with Gasteiger partial charge in [0.05, 0.1) is 18.4 Å². The minimum atomic E-state index is -0.475. The molecule has 2 heterocycles. The van der Waals surface area contributed by atoms with Gasteiger partial charge in [-0.2, -0.15) is 0 Å². The zero-order chi connectivity index (χ0) is 18.1. The highest BCUT2D eigenvalue weighted by Gasteiger charge is 2.22. The molecule has 0 atom stereocenters. The minimum absolute atomic E-state index is 0.204. The second kappa shape index (κ2) is 6.56. The molecule has 0 unspecified atom stereocenters. The van der Waals surface area contributed by atoms with E-state index in [1.165, 1.54) is 7.11 Å². The number of carbonyl (C=O) groups excluding carboxylic acids is 1. The third-order valence-corrected chi connectivity index (χ3v) is 4.57. The van der Waals surface area contributed by atoms with Crippen molar-refractivity contribution >= 4 is 16.9 Å². The first-order valence-corrected chi connectivity index (χ1v) is 8.59. The van der Waals surface area contributed by atoms with Gasteiger partial charge in [-0.15, -0.1) is 0 Å². The second-order valence-corrected chi connectivity index (χ2v) is 6.01. The number of esters is 1. The van der Waals surface area contributed by atoms with E-state index in [-0.39, 0.29) is 5.76 Å². The summed E-state index contributed by atoms with van der Waals surface area (Å²) >= 11 is 0. The van der Waals surface area contributed by atoms with Gasteiger partial charge in [-0.3, -0.25) is 0 Å². The Balaban J connectivity index is 2.04. The molecule has 0 bridgehead atoms. The van der Waals surface area contributed by atoms with Crippen molar-refractivity contribution in [1.82, 2.24) is 4.57 Å². The van der Waals surface area contributed by atoms with Crippen LogP contribution >= 0.6 is 0 Å². The van der Waals surface area contributed by atoms with Crippen LogP contribution in [0.2, 0.25) is 0 Å². The SMILES string of the molecule is CCn1c(-c2ccccc2)c(-c2ccc(C(=O)OC)o2)c2ccccc21. The summed E-state index contributed by atoms with van der Waals surface area (Å²) in [7, 11) is 1.35. The number of furan rings is 1. The van der Waals surface area contributed by atoms with E-state index in [1.807, 2.05) is 36.4 Å². The summed E-state index contributed by atoms with van der Waals surface area (Å²) < 4.78 is 12.9. The molecule has 0 aliphatic heterocycles. The maximum Gasteiger partial charge on any atom is 0.373 e. The van der Waals surface area contributed by atoms with Gasteiger partial charge in [0.1, 0.15) is 5.76 Å². The zero-order valence-corrected chi connectivity index (χ0v) is 14.7. The van der Waals surface area contributed by atoms with Gasteiger partial charge in [0.25, 0.3) is 0 Å². The maximum atomic E-state index is 11.8. The lowest BCUT2D eigenvalue weighted by Gasteiger charge is -2.10. The van der Waals surface area contributed by atoms with Crippen molar-refractivity contribution in [3.05, 3.63) is 72.5 Å². The lowest BCUT2D eigenvalue weighted by atomic mass is 10.0. The molecule has 4 heteroatoms. The van der Waals surface area contributed by atoms with E-state index in [9.17, 15) is 4.79 Å². The van der Waals surface area contributed by atoms with Crippen LogP contribution in [0.25, 0.3) is 33.5 Å². The van der Waals surface area contributed by atoms with Gasteiger partial charge in [-0.25, -0.2) is 4.79 Å². The third kappa shape index (κ3) is 2.51. The van der Waals surface area contributed by atoms with E-state index in [0.29, 0.717) is 5.76 Å². The minimum Gasteiger partial charge on any atom is -0.463 e. The molecular formula is C22H19NO3. The monoisotopic (exact) mass is 345 g/mol. The van der Waals surface area contributed by atoms with Gasteiger partial charge in [0.2, 0.25) is 5.76 Å². The first kappa shape index (κ1) is 16.2. The molecule has 4 nitrogen and oxygen atoms in total. The Morgan fingerprint density at radius 2 is 1.73 bits per heavy atom. The quantitative estimate of drug-likeness (QED) is 0.467. The molecule has 0 fully saturated rings. The molecule has 0 aliphatic carbocycles. The lowest BCUT2D eigenvalue weighted by Crippen LogP contribution is -1.98. The van der Waals surface area contributed by atoms with Crippen molar-refractivity contribution in [2.24, 2.45) is 0 Å². The first-order valence-electron chi connectivity index (χ1n) is 8.59. The van der Waals surface area contributed by atoms with Gasteiger partial charge in [0.15, 0.2) is 0 Å².